The molecule has 2 unspecified atom stereocenters. The molecule has 0 spiro atoms. The number of ether oxygens (including phenoxy) is 2. The fourth-order valence-corrected chi connectivity index (χ4v) is 1.76. The van der Waals surface area contributed by atoms with Gasteiger partial charge in [-0.25, -0.2) is 0 Å². The topological polar surface area (TPSA) is 64.7 Å². The zero-order valence-corrected chi connectivity index (χ0v) is 10.9. The van der Waals surface area contributed by atoms with E-state index in [1.807, 2.05) is 6.92 Å². The quantitative estimate of drug-likeness (QED) is 0.820. The largest absolute Gasteiger partial charge is 0.493 e. The first-order valence-electron chi connectivity index (χ1n) is 5.67. The maximum absolute atomic E-state index is 10.4. The van der Waals surface area contributed by atoms with E-state index in [1.54, 1.807) is 39.3 Å². The van der Waals surface area contributed by atoms with Crippen LogP contribution in [0.25, 0.3) is 0 Å². The Bertz CT molecular complexity index is 377. The summed E-state index contributed by atoms with van der Waals surface area (Å²) in [4.78, 5) is 0. The monoisotopic (exact) mass is 239 g/mol. The second kappa shape index (κ2) is 5.38. The van der Waals surface area contributed by atoms with Crippen LogP contribution in [0, 0.1) is 0 Å². The molecule has 0 bridgehead atoms. The number of rotatable bonds is 5. The molecule has 0 saturated heterocycles. The van der Waals surface area contributed by atoms with Gasteiger partial charge in [0.05, 0.1) is 14.2 Å². The van der Waals surface area contributed by atoms with Crippen LogP contribution in [0.3, 0.4) is 0 Å². The molecule has 1 aromatic carbocycles. The van der Waals surface area contributed by atoms with Crippen molar-refractivity contribution < 1.29 is 14.6 Å². The SMILES string of the molecule is CCC(N)C(C)(O)c1ccc(OC)c(OC)c1. The summed E-state index contributed by atoms with van der Waals surface area (Å²) in [7, 11) is 3.14. The third kappa shape index (κ3) is 2.70. The Morgan fingerprint density at radius 2 is 1.88 bits per heavy atom. The van der Waals surface area contributed by atoms with Crippen LogP contribution in [0.4, 0.5) is 0 Å². The first-order valence-corrected chi connectivity index (χ1v) is 5.67. The summed E-state index contributed by atoms with van der Waals surface area (Å²) in [6.45, 7) is 3.66. The van der Waals surface area contributed by atoms with Crippen molar-refractivity contribution in [1.29, 1.82) is 0 Å². The fourth-order valence-electron chi connectivity index (χ4n) is 1.76. The van der Waals surface area contributed by atoms with Crippen molar-refractivity contribution >= 4 is 0 Å². The van der Waals surface area contributed by atoms with Gasteiger partial charge in [-0.3, -0.25) is 0 Å². The Balaban J connectivity index is 3.15. The smallest absolute Gasteiger partial charge is 0.161 e. The molecule has 0 aliphatic rings. The van der Waals surface area contributed by atoms with E-state index in [1.165, 1.54) is 0 Å². The van der Waals surface area contributed by atoms with Crippen LogP contribution in [0.2, 0.25) is 0 Å². The molecule has 0 fully saturated rings. The van der Waals surface area contributed by atoms with Gasteiger partial charge in [0.15, 0.2) is 11.5 Å². The van der Waals surface area contributed by atoms with E-state index in [-0.39, 0.29) is 6.04 Å². The fraction of sp³-hybridized carbons (Fsp3) is 0.538. The molecule has 2 atom stereocenters. The Morgan fingerprint density at radius 3 is 2.35 bits per heavy atom. The number of aliphatic hydroxyl groups is 1. The Labute approximate surface area is 102 Å². The van der Waals surface area contributed by atoms with Crippen molar-refractivity contribution in [2.24, 2.45) is 5.73 Å². The summed E-state index contributed by atoms with van der Waals surface area (Å²) < 4.78 is 10.4. The first kappa shape index (κ1) is 13.8. The molecule has 0 amide bonds. The highest BCUT2D eigenvalue weighted by Crippen LogP contribution is 2.33. The molecule has 17 heavy (non-hydrogen) atoms. The van der Waals surface area contributed by atoms with Gasteiger partial charge in [0.1, 0.15) is 5.60 Å². The van der Waals surface area contributed by atoms with Crippen molar-refractivity contribution in [3.8, 4) is 11.5 Å². The summed E-state index contributed by atoms with van der Waals surface area (Å²) in [5.41, 5.74) is 5.57. The zero-order chi connectivity index (χ0) is 13.1. The second-order valence-electron chi connectivity index (χ2n) is 4.23. The lowest BCUT2D eigenvalue weighted by molar-refractivity contribution is 0.0274. The first-order chi connectivity index (χ1) is 7.97. The van der Waals surface area contributed by atoms with Gasteiger partial charge < -0.3 is 20.3 Å². The van der Waals surface area contributed by atoms with Crippen LogP contribution < -0.4 is 15.2 Å². The summed E-state index contributed by atoms with van der Waals surface area (Å²) in [6, 6.07) is 5.01. The van der Waals surface area contributed by atoms with Crippen LogP contribution in [0.5, 0.6) is 11.5 Å². The third-order valence-electron chi connectivity index (χ3n) is 3.13. The van der Waals surface area contributed by atoms with Crippen LogP contribution in [0.1, 0.15) is 25.8 Å². The standard InChI is InChI=1S/C13H21NO3/c1-5-12(14)13(2,15)9-6-7-10(16-3)11(8-9)17-4/h6-8,12,15H,5,14H2,1-4H3. The number of methoxy groups -OCH3 is 2. The Kier molecular flexibility index (Phi) is 4.37. The van der Waals surface area contributed by atoms with Gasteiger partial charge in [-0.1, -0.05) is 13.0 Å². The third-order valence-corrected chi connectivity index (χ3v) is 3.13. The predicted octanol–water partition coefficient (Wildman–Crippen LogP) is 1.65. The van der Waals surface area contributed by atoms with Crippen molar-refractivity contribution in [2.45, 2.75) is 31.9 Å². The molecule has 0 heterocycles. The van der Waals surface area contributed by atoms with E-state index in [0.717, 1.165) is 5.56 Å². The molecule has 0 radical (unpaired) electrons. The maximum atomic E-state index is 10.4. The van der Waals surface area contributed by atoms with E-state index in [9.17, 15) is 5.11 Å². The molecule has 0 aliphatic carbocycles. The minimum absolute atomic E-state index is 0.319. The summed E-state index contributed by atoms with van der Waals surface area (Å²) in [6.07, 6.45) is 0.696. The molecule has 3 N–H and O–H groups in total. The summed E-state index contributed by atoms with van der Waals surface area (Å²) in [5, 5.41) is 10.4. The highest BCUT2D eigenvalue weighted by molar-refractivity contribution is 5.44. The van der Waals surface area contributed by atoms with Gasteiger partial charge in [-0.05, 0) is 31.0 Å². The average Bonchev–Trinajstić information content (AvgIpc) is 2.36. The molecule has 1 aromatic rings. The van der Waals surface area contributed by atoms with Gasteiger partial charge >= 0.3 is 0 Å². The van der Waals surface area contributed by atoms with E-state index in [0.29, 0.717) is 17.9 Å². The minimum atomic E-state index is -1.08. The molecule has 0 saturated carbocycles. The van der Waals surface area contributed by atoms with Crippen LogP contribution in [-0.2, 0) is 5.60 Å². The average molecular weight is 239 g/mol. The maximum Gasteiger partial charge on any atom is 0.161 e. The predicted molar refractivity (Wildman–Crippen MR) is 67.4 cm³/mol. The molecular formula is C13H21NO3. The molecule has 4 heteroatoms. The Morgan fingerprint density at radius 1 is 1.29 bits per heavy atom. The van der Waals surface area contributed by atoms with E-state index in [4.69, 9.17) is 15.2 Å². The van der Waals surface area contributed by atoms with Gasteiger partial charge in [0.25, 0.3) is 0 Å². The molecule has 0 aliphatic heterocycles. The van der Waals surface area contributed by atoms with Crippen LogP contribution in [-0.4, -0.2) is 25.4 Å². The number of nitrogens with two attached hydrogens (primary N) is 1. The van der Waals surface area contributed by atoms with Gasteiger partial charge in [0.2, 0.25) is 0 Å². The van der Waals surface area contributed by atoms with Crippen molar-refractivity contribution in [1.82, 2.24) is 0 Å². The molecule has 96 valence electrons. The normalized spacial score (nSPS) is 16.1. The molecule has 0 aromatic heterocycles. The number of hydrogen-bond donors (Lipinski definition) is 2. The second-order valence-corrected chi connectivity index (χ2v) is 4.23. The van der Waals surface area contributed by atoms with E-state index in [2.05, 4.69) is 0 Å². The molecule has 4 nitrogen and oxygen atoms in total. The van der Waals surface area contributed by atoms with Gasteiger partial charge in [0, 0.05) is 6.04 Å². The lowest BCUT2D eigenvalue weighted by Gasteiger charge is -2.30. The minimum Gasteiger partial charge on any atom is -0.493 e. The number of benzene rings is 1. The van der Waals surface area contributed by atoms with Crippen LogP contribution >= 0.6 is 0 Å². The van der Waals surface area contributed by atoms with Crippen molar-refractivity contribution in [3.05, 3.63) is 23.8 Å². The van der Waals surface area contributed by atoms with Crippen molar-refractivity contribution in [3.63, 3.8) is 0 Å². The van der Waals surface area contributed by atoms with Crippen molar-refractivity contribution in [2.75, 3.05) is 14.2 Å². The Hall–Kier alpha value is -1.26. The van der Waals surface area contributed by atoms with E-state index < -0.39 is 5.60 Å². The van der Waals surface area contributed by atoms with Crippen LogP contribution in [0.15, 0.2) is 18.2 Å². The lowest BCUT2D eigenvalue weighted by atomic mass is 9.87. The van der Waals surface area contributed by atoms with Gasteiger partial charge in [-0.2, -0.15) is 0 Å². The zero-order valence-electron chi connectivity index (χ0n) is 10.9. The number of hydrogen-bond acceptors (Lipinski definition) is 4. The van der Waals surface area contributed by atoms with E-state index >= 15 is 0 Å². The lowest BCUT2D eigenvalue weighted by Crippen LogP contribution is -2.42. The highest BCUT2D eigenvalue weighted by Gasteiger charge is 2.30. The summed E-state index contributed by atoms with van der Waals surface area (Å²) >= 11 is 0. The molecular weight excluding hydrogens is 218 g/mol. The molecule has 1 rings (SSSR count). The van der Waals surface area contributed by atoms with Gasteiger partial charge in [-0.15, -0.1) is 0 Å². The highest BCUT2D eigenvalue weighted by atomic mass is 16.5. The summed E-state index contributed by atoms with van der Waals surface area (Å²) in [5.74, 6) is 1.23.